The largest absolute Gasteiger partial charge is 0.325 e. The first-order valence-corrected chi connectivity index (χ1v) is 9.89. The minimum atomic E-state index is 0.0956. The lowest BCUT2D eigenvalue weighted by Crippen LogP contribution is -2.44. The molecule has 3 heteroatoms. The van der Waals surface area contributed by atoms with Gasteiger partial charge in [0, 0.05) is 11.7 Å². The lowest BCUT2D eigenvalue weighted by molar-refractivity contribution is -0.118. The minimum absolute atomic E-state index is 0.0956. The summed E-state index contributed by atoms with van der Waals surface area (Å²) in [5.41, 5.74) is 5.06. The summed E-state index contributed by atoms with van der Waals surface area (Å²) in [5.74, 6) is 0.0956. The second kappa shape index (κ2) is 9.00. The average Bonchev–Trinajstić information content (AvgIpc) is 2.67. The third-order valence-corrected chi connectivity index (χ3v) is 5.37. The van der Waals surface area contributed by atoms with Gasteiger partial charge in [0.05, 0.1) is 6.54 Å². The highest BCUT2D eigenvalue weighted by Gasteiger charge is 2.25. The molecule has 1 unspecified atom stereocenters. The molecule has 1 aliphatic rings. The Morgan fingerprint density at radius 2 is 1.81 bits per heavy atom. The molecule has 2 aromatic rings. The Labute approximate surface area is 157 Å². The molecule has 2 aromatic carbocycles. The van der Waals surface area contributed by atoms with Crippen LogP contribution < -0.4 is 5.32 Å². The van der Waals surface area contributed by atoms with Crippen molar-refractivity contribution in [2.75, 3.05) is 18.4 Å². The van der Waals surface area contributed by atoms with E-state index in [1.54, 1.807) is 0 Å². The number of hydrogen-bond donors (Lipinski definition) is 1. The molecule has 0 aliphatic heterocycles. The fourth-order valence-corrected chi connectivity index (χ4v) is 3.99. The summed E-state index contributed by atoms with van der Waals surface area (Å²) in [7, 11) is 0. The van der Waals surface area contributed by atoms with E-state index in [2.05, 4.69) is 54.4 Å². The predicted octanol–water partition coefficient (Wildman–Crippen LogP) is 4.46. The topological polar surface area (TPSA) is 32.3 Å². The van der Waals surface area contributed by atoms with Gasteiger partial charge >= 0.3 is 0 Å². The van der Waals surface area contributed by atoms with Crippen molar-refractivity contribution in [1.82, 2.24) is 4.90 Å². The molecule has 3 rings (SSSR count). The van der Waals surface area contributed by atoms with Crippen molar-refractivity contribution in [3.05, 3.63) is 65.2 Å². The number of para-hydroxylation sites is 1. The lowest BCUT2D eigenvalue weighted by atomic mass is 9.87. The van der Waals surface area contributed by atoms with Crippen molar-refractivity contribution >= 4 is 11.6 Å². The van der Waals surface area contributed by atoms with Gasteiger partial charge in [-0.3, -0.25) is 9.69 Å². The zero-order valence-corrected chi connectivity index (χ0v) is 16.0. The summed E-state index contributed by atoms with van der Waals surface area (Å²) in [5, 5.41) is 3.13. The summed E-state index contributed by atoms with van der Waals surface area (Å²) in [4.78, 5) is 15.1. The standard InChI is InChI=1S/C23H30N2O/c1-3-15-25(21-14-13-19-10-5-6-11-20(19)16-21)17-23(26)24-22-12-8-7-9-18(22)4-2/h5-12,21H,3-4,13-17H2,1-2H3,(H,24,26). The van der Waals surface area contributed by atoms with E-state index < -0.39 is 0 Å². The smallest absolute Gasteiger partial charge is 0.238 e. The molecular weight excluding hydrogens is 320 g/mol. The number of carbonyl (C=O) groups is 1. The highest BCUT2D eigenvalue weighted by molar-refractivity contribution is 5.93. The van der Waals surface area contributed by atoms with E-state index in [9.17, 15) is 4.79 Å². The van der Waals surface area contributed by atoms with Crippen molar-refractivity contribution in [1.29, 1.82) is 0 Å². The Hall–Kier alpha value is -2.13. The summed E-state index contributed by atoms with van der Waals surface area (Å²) >= 11 is 0. The molecule has 1 aliphatic carbocycles. The first-order chi connectivity index (χ1) is 12.7. The van der Waals surface area contributed by atoms with Gasteiger partial charge in [0.25, 0.3) is 0 Å². The second-order valence-corrected chi connectivity index (χ2v) is 7.19. The van der Waals surface area contributed by atoms with E-state index in [1.165, 1.54) is 16.7 Å². The number of hydrogen-bond acceptors (Lipinski definition) is 2. The summed E-state index contributed by atoms with van der Waals surface area (Å²) < 4.78 is 0. The maximum Gasteiger partial charge on any atom is 0.238 e. The molecule has 3 nitrogen and oxygen atoms in total. The van der Waals surface area contributed by atoms with Crippen LogP contribution in [0.25, 0.3) is 0 Å². The van der Waals surface area contributed by atoms with Gasteiger partial charge in [-0.05, 0) is 61.4 Å². The highest BCUT2D eigenvalue weighted by Crippen LogP contribution is 2.25. The molecule has 0 saturated heterocycles. The molecule has 1 atom stereocenters. The number of nitrogens with one attached hydrogen (secondary N) is 1. The summed E-state index contributed by atoms with van der Waals surface area (Å²) in [6.45, 7) is 5.75. The molecule has 0 bridgehead atoms. The van der Waals surface area contributed by atoms with Gasteiger partial charge in [0.15, 0.2) is 0 Å². The van der Waals surface area contributed by atoms with Crippen LogP contribution in [0.1, 0.15) is 43.4 Å². The van der Waals surface area contributed by atoms with Crippen LogP contribution in [-0.2, 0) is 24.1 Å². The van der Waals surface area contributed by atoms with Crippen molar-refractivity contribution in [2.24, 2.45) is 0 Å². The zero-order chi connectivity index (χ0) is 18.4. The highest BCUT2D eigenvalue weighted by atomic mass is 16.2. The van der Waals surface area contributed by atoms with Gasteiger partial charge in [-0.15, -0.1) is 0 Å². The van der Waals surface area contributed by atoms with Gasteiger partial charge < -0.3 is 5.32 Å². The number of fused-ring (bicyclic) bond motifs is 1. The Morgan fingerprint density at radius 1 is 1.08 bits per heavy atom. The van der Waals surface area contributed by atoms with Gasteiger partial charge in [0.2, 0.25) is 5.91 Å². The van der Waals surface area contributed by atoms with E-state index in [4.69, 9.17) is 0 Å². The predicted molar refractivity (Wildman–Crippen MR) is 109 cm³/mol. The number of amides is 1. The van der Waals surface area contributed by atoms with E-state index in [0.717, 1.165) is 44.3 Å². The van der Waals surface area contributed by atoms with Crippen molar-refractivity contribution in [3.8, 4) is 0 Å². The summed E-state index contributed by atoms with van der Waals surface area (Å²) in [6, 6.07) is 17.3. The van der Waals surface area contributed by atoms with Crippen LogP contribution in [0.15, 0.2) is 48.5 Å². The Bertz CT molecular complexity index is 740. The van der Waals surface area contributed by atoms with Crippen molar-refractivity contribution in [2.45, 2.75) is 52.0 Å². The van der Waals surface area contributed by atoms with Crippen molar-refractivity contribution in [3.63, 3.8) is 0 Å². The average molecular weight is 351 g/mol. The number of aryl methyl sites for hydroxylation is 2. The molecule has 0 radical (unpaired) electrons. The maximum atomic E-state index is 12.7. The van der Waals surface area contributed by atoms with Crippen LogP contribution in [0.5, 0.6) is 0 Å². The molecule has 0 saturated carbocycles. The number of rotatable bonds is 7. The molecule has 26 heavy (non-hydrogen) atoms. The monoisotopic (exact) mass is 350 g/mol. The van der Waals surface area contributed by atoms with Gasteiger partial charge in [-0.2, -0.15) is 0 Å². The van der Waals surface area contributed by atoms with Crippen LogP contribution in [0.3, 0.4) is 0 Å². The fraction of sp³-hybridized carbons (Fsp3) is 0.435. The molecular formula is C23H30N2O. The van der Waals surface area contributed by atoms with E-state index in [-0.39, 0.29) is 5.91 Å². The minimum Gasteiger partial charge on any atom is -0.325 e. The number of nitrogens with zero attached hydrogens (tertiary/aromatic N) is 1. The van der Waals surface area contributed by atoms with Gasteiger partial charge in [-0.25, -0.2) is 0 Å². The van der Waals surface area contributed by atoms with Crippen LogP contribution >= 0.6 is 0 Å². The third-order valence-electron chi connectivity index (χ3n) is 5.37. The first kappa shape index (κ1) is 18.7. The molecule has 0 aromatic heterocycles. The Kier molecular flexibility index (Phi) is 6.45. The molecule has 138 valence electrons. The fourth-order valence-electron chi connectivity index (χ4n) is 3.99. The van der Waals surface area contributed by atoms with E-state index >= 15 is 0 Å². The molecule has 0 spiro atoms. The Morgan fingerprint density at radius 3 is 2.58 bits per heavy atom. The maximum absolute atomic E-state index is 12.7. The SMILES string of the molecule is CCCN(CC(=O)Nc1ccccc1CC)C1CCc2ccccc2C1. The van der Waals surface area contributed by atoms with E-state index in [1.807, 2.05) is 18.2 Å². The Balaban J connectivity index is 1.66. The summed E-state index contributed by atoms with van der Waals surface area (Å²) in [6.07, 6.45) is 5.29. The molecule has 1 amide bonds. The lowest BCUT2D eigenvalue weighted by Gasteiger charge is -2.34. The molecule has 1 N–H and O–H groups in total. The van der Waals surface area contributed by atoms with Crippen molar-refractivity contribution < 1.29 is 4.79 Å². The molecule has 0 heterocycles. The van der Waals surface area contributed by atoms with E-state index in [0.29, 0.717) is 12.6 Å². The number of anilines is 1. The third kappa shape index (κ3) is 4.53. The first-order valence-electron chi connectivity index (χ1n) is 9.89. The number of benzene rings is 2. The van der Waals surface area contributed by atoms with Crippen LogP contribution in [0, 0.1) is 0 Å². The number of carbonyl (C=O) groups excluding carboxylic acids is 1. The van der Waals surface area contributed by atoms with Crippen LogP contribution in [0.4, 0.5) is 5.69 Å². The molecule has 0 fully saturated rings. The van der Waals surface area contributed by atoms with Gasteiger partial charge in [0.1, 0.15) is 0 Å². The quantitative estimate of drug-likeness (QED) is 0.800. The zero-order valence-electron chi connectivity index (χ0n) is 16.0. The van der Waals surface area contributed by atoms with Gasteiger partial charge in [-0.1, -0.05) is 56.3 Å². The van der Waals surface area contributed by atoms with Crippen LogP contribution in [0.2, 0.25) is 0 Å². The van der Waals surface area contributed by atoms with Crippen LogP contribution in [-0.4, -0.2) is 29.9 Å². The normalized spacial score (nSPS) is 16.3. The second-order valence-electron chi connectivity index (χ2n) is 7.19.